The Balaban J connectivity index is 1.92. The number of Topliss-reactive ketones (excluding diaryl/α,β-unsaturated/α-hetero) is 1. The summed E-state index contributed by atoms with van der Waals surface area (Å²) in [7, 11) is 0. The zero-order valence-electron chi connectivity index (χ0n) is 10.4. The fraction of sp³-hybridized carbons (Fsp3) is 0.133. The van der Waals surface area contributed by atoms with Crippen molar-refractivity contribution in [2.75, 3.05) is 5.75 Å². The van der Waals surface area contributed by atoms with E-state index in [0.717, 1.165) is 11.3 Å². The number of rotatable bonds is 5. The van der Waals surface area contributed by atoms with Gasteiger partial charge in [0.15, 0.2) is 5.78 Å². The third kappa shape index (κ3) is 4.42. The van der Waals surface area contributed by atoms with Gasteiger partial charge in [0, 0.05) is 21.4 Å². The number of halogens is 3. The Hall–Kier alpha value is -0.670. The van der Waals surface area contributed by atoms with Crippen LogP contribution in [-0.2, 0) is 5.75 Å². The molecule has 0 N–H and O–H groups in total. The molecule has 2 aromatic carbocycles. The number of hydrogen-bond acceptors (Lipinski definition) is 2. The molecule has 20 heavy (non-hydrogen) atoms. The second-order valence-electron chi connectivity index (χ2n) is 4.17. The lowest BCUT2D eigenvalue weighted by Crippen LogP contribution is -2.03. The Kier molecular flexibility index (Phi) is 5.79. The summed E-state index contributed by atoms with van der Waals surface area (Å²) in [5.41, 5.74) is 1.60. The highest BCUT2D eigenvalue weighted by molar-refractivity contribution is 7.99. The molecule has 0 bridgehead atoms. The average molecular weight is 346 g/mol. The lowest BCUT2D eigenvalue weighted by molar-refractivity contribution is 0.102. The van der Waals surface area contributed by atoms with Crippen LogP contribution in [0, 0.1) is 0 Å². The minimum Gasteiger partial charge on any atom is -0.293 e. The molecule has 0 aromatic heterocycles. The molecule has 5 heteroatoms. The maximum atomic E-state index is 12.1. The molecule has 0 radical (unpaired) electrons. The highest BCUT2D eigenvalue weighted by Gasteiger charge is 2.11. The first kappa shape index (κ1) is 15.7. The molecule has 0 saturated carbocycles. The second-order valence-corrected chi connectivity index (χ2v) is 6.43. The number of benzene rings is 2. The molecular weight excluding hydrogens is 335 g/mol. The van der Waals surface area contributed by atoms with Gasteiger partial charge in [0.25, 0.3) is 0 Å². The predicted molar refractivity (Wildman–Crippen MR) is 88.4 cm³/mol. The van der Waals surface area contributed by atoms with E-state index in [0.29, 0.717) is 26.4 Å². The Labute approximate surface area is 137 Å². The summed E-state index contributed by atoms with van der Waals surface area (Å²) in [5, 5.41) is 1.66. The van der Waals surface area contributed by atoms with Gasteiger partial charge in [0.1, 0.15) is 0 Å². The van der Waals surface area contributed by atoms with Gasteiger partial charge < -0.3 is 0 Å². The van der Waals surface area contributed by atoms with Gasteiger partial charge in [-0.25, -0.2) is 0 Å². The van der Waals surface area contributed by atoms with E-state index in [1.807, 2.05) is 24.3 Å². The van der Waals surface area contributed by atoms with E-state index in [2.05, 4.69) is 0 Å². The molecule has 0 saturated heterocycles. The zero-order valence-corrected chi connectivity index (χ0v) is 13.5. The van der Waals surface area contributed by atoms with E-state index in [-0.39, 0.29) is 5.78 Å². The molecule has 2 aromatic rings. The number of carbonyl (C=O) groups is 1. The van der Waals surface area contributed by atoms with Gasteiger partial charge in [-0.2, -0.15) is 0 Å². The van der Waals surface area contributed by atoms with Crippen LogP contribution in [-0.4, -0.2) is 11.5 Å². The second kappa shape index (κ2) is 7.37. The van der Waals surface area contributed by atoms with E-state index in [1.165, 1.54) is 11.8 Å². The van der Waals surface area contributed by atoms with Crippen LogP contribution in [0.25, 0.3) is 0 Å². The Morgan fingerprint density at radius 1 is 0.950 bits per heavy atom. The quantitative estimate of drug-likeness (QED) is 0.640. The van der Waals surface area contributed by atoms with Crippen molar-refractivity contribution in [1.82, 2.24) is 0 Å². The molecule has 0 heterocycles. The van der Waals surface area contributed by atoms with Gasteiger partial charge in [-0.3, -0.25) is 4.79 Å². The Bertz CT molecular complexity index is 611. The van der Waals surface area contributed by atoms with Crippen LogP contribution in [0.3, 0.4) is 0 Å². The van der Waals surface area contributed by atoms with Crippen molar-refractivity contribution in [2.45, 2.75) is 5.75 Å². The molecule has 0 aliphatic rings. The van der Waals surface area contributed by atoms with E-state index < -0.39 is 0 Å². The van der Waals surface area contributed by atoms with Crippen molar-refractivity contribution >= 4 is 52.3 Å². The van der Waals surface area contributed by atoms with Crippen molar-refractivity contribution in [3.05, 3.63) is 68.7 Å². The summed E-state index contributed by atoms with van der Waals surface area (Å²) < 4.78 is 0. The van der Waals surface area contributed by atoms with Gasteiger partial charge >= 0.3 is 0 Å². The number of hydrogen-bond donors (Lipinski definition) is 0. The van der Waals surface area contributed by atoms with Crippen LogP contribution in [0.5, 0.6) is 0 Å². The predicted octanol–water partition coefficient (Wildman–Crippen LogP) is 5.76. The minimum atomic E-state index is -0.0172. The lowest BCUT2D eigenvalue weighted by atomic mass is 10.1. The fourth-order valence-corrected chi connectivity index (χ4v) is 3.02. The number of ketones is 1. The first-order valence-corrected chi connectivity index (χ1v) is 8.15. The van der Waals surface area contributed by atoms with Gasteiger partial charge in [-0.15, -0.1) is 11.8 Å². The van der Waals surface area contributed by atoms with Gasteiger partial charge in [0.2, 0.25) is 0 Å². The smallest absolute Gasteiger partial charge is 0.174 e. The molecule has 0 aliphatic carbocycles. The van der Waals surface area contributed by atoms with Crippen LogP contribution in [0.1, 0.15) is 15.9 Å². The lowest BCUT2D eigenvalue weighted by Gasteiger charge is -2.05. The topological polar surface area (TPSA) is 17.1 Å². The van der Waals surface area contributed by atoms with E-state index in [9.17, 15) is 4.79 Å². The van der Waals surface area contributed by atoms with Crippen molar-refractivity contribution in [3.8, 4) is 0 Å². The van der Waals surface area contributed by atoms with Crippen molar-refractivity contribution in [3.63, 3.8) is 0 Å². The molecule has 2 rings (SSSR count). The summed E-state index contributed by atoms with van der Waals surface area (Å²) >= 11 is 19.2. The number of carbonyl (C=O) groups excluding carboxylic acids is 1. The van der Waals surface area contributed by atoms with Gasteiger partial charge in [0.05, 0.1) is 10.8 Å². The Morgan fingerprint density at radius 3 is 2.30 bits per heavy atom. The van der Waals surface area contributed by atoms with E-state index >= 15 is 0 Å². The third-order valence-corrected chi connectivity index (χ3v) is 4.46. The highest BCUT2D eigenvalue weighted by Crippen LogP contribution is 2.23. The maximum Gasteiger partial charge on any atom is 0.174 e. The summed E-state index contributed by atoms with van der Waals surface area (Å²) in [4.78, 5) is 12.1. The highest BCUT2D eigenvalue weighted by atomic mass is 35.5. The third-order valence-electron chi connectivity index (χ3n) is 2.64. The molecule has 1 nitrogen and oxygen atoms in total. The molecule has 0 fully saturated rings. The monoisotopic (exact) mass is 344 g/mol. The zero-order chi connectivity index (χ0) is 14.5. The normalized spacial score (nSPS) is 10.6. The Morgan fingerprint density at radius 2 is 1.60 bits per heavy atom. The molecule has 0 spiro atoms. The summed E-state index contributed by atoms with van der Waals surface area (Å²) in [6.07, 6.45) is 0. The van der Waals surface area contributed by atoms with Crippen LogP contribution < -0.4 is 0 Å². The van der Waals surface area contributed by atoms with Crippen molar-refractivity contribution in [1.29, 1.82) is 0 Å². The standard InChI is InChI=1S/C15H11Cl3OS/c16-11-3-1-10(2-4-11)8-20-9-15(19)13-7-12(17)5-6-14(13)18/h1-7H,8-9H2. The molecule has 0 unspecified atom stereocenters. The van der Waals surface area contributed by atoms with E-state index in [4.69, 9.17) is 34.8 Å². The van der Waals surface area contributed by atoms with Crippen molar-refractivity contribution < 1.29 is 4.79 Å². The van der Waals surface area contributed by atoms with Crippen LogP contribution in [0.4, 0.5) is 0 Å². The van der Waals surface area contributed by atoms with Crippen molar-refractivity contribution in [2.24, 2.45) is 0 Å². The van der Waals surface area contributed by atoms with Gasteiger partial charge in [-0.05, 0) is 35.9 Å². The average Bonchev–Trinajstić information content (AvgIpc) is 2.43. The molecule has 0 aliphatic heterocycles. The maximum absolute atomic E-state index is 12.1. The molecular formula is C15H11Cl3OS. The summed E-state index contributed by atoms with van der Waals surface area (Å²) in [6.45, 7) is 0. The van der Waals surface area contributed by atoms with Crippen LogP contribution in [0.15, 0.2) is 42.5 Å². The summed E-state index contributed by atoms with van der Waals surface area (Å²) in [5.74, 6) is 1.10. The number of thioether (sulfide) groups is 1. The van der Waals surface area contributed by atoms with Crippen LogP contribution >= 0.6 is 46.6 Å². The summed E-state index contributed by atoms with van der Waals surface area (Å²) in [6, 6.07) is 12.5. The first-order valence-electron chi connectivity index (χ1n) is 5.86. The molecule has 0 amide bonds. The van der Waals surface area contributed by atoms with E-state index in [1.54, 1.807) is 18.2 Å². The largest absolute Gasteiger partial charge is 0.293 e. The van der Waals surface area contributed by atoms with Gasteiger partial charge in [-0.1, -0.05) is 46.9 Å². The fourth-order valence-electron chi connectivity index (χ4n) is 1.63. The first-order chi connectivity index (χ1) is 9.56. The molecule has 104 valence electrons. The van der Waals surface area contributed by atoms with Crippen LogP contribution in [0.2, 0.25) is 15.1 Å². The molecule has 0 atom stereocenters. The minimum absolute atomic E-state index is 0.0172. The SMILES string of the molecule is O=C(CSCc1ccc(Cl)cc1)c1cc(Cl)ccc1Cl.